The van der Waals surface area contributed by atoms with Gasteiger partial charge in [0.05, 0.1) is 6.54 Å². The molecule has 0 atom stereocenters. The Morgan fingerprint density at radius 1 is 1.50 bits per heavy atom. The standard InChI is InChI=1S/C12H13ClN4O/c1-8-5-9(6-10(13)16-8)12(18)15-7-11-14-3-4-17(11)2/h3-6H,7H2,1-2H3,(H,15,18). The van der Waals surface area contributed by atoms with Gasteiger partial charge >= 0.3 is 0 Å². The fraction of sp³-hybridized carbons (Fsp3) is 0.250. The van der Waals surface area contributed by atoms with Crippen LogP contribution >= 0.6 is 11.6 Å². The Bertz CT molecular complexity index is 559. The van der Waals surface area contributed by atoms with Gasteiger partial charge in [-0.2, -0.15) is 0 Å². The number of aromatic nitrogens is 3. The van der Waals surface area contributed by atoms with Crippen molar-refractivity contribution in [2.45, 2.75) is 13.5 Å². The van der Waals surface area contributed by atoms with Crippen molar-refractivity contribution in [3.05, 3.63) is 46.8 Å². The number of aryl methyl sites for hydroxylation is 2. The van der Waals surface area contributed by atoms with E-state index in [0.717, 1.165) is 5.82 Å². The maximum absolute atomic E-state index is 11.9. The molecule has 0 aliphatic rings. The molecule has 0 radical (unpaired) electrons. The Balaban J connectivity index is 2.06. The normalized spacial score (nSPS) is 10.4. The van der Waals surface area contributed by atoms with Crippen molar-refractivity contribution in [2.24, 2.45) is 7.05 Å². The van der Waals surface area contributed by atoms with E-state index in [1.165, 1.54) is 0 Å². The van der Waals surface area contributed by atoms with Gasteiger partial charge < -0.3 is 9.88 Å². The van der Waals surface area contributed by atoms with Crippen molar-refractivity contribution < 1.29 is 4.79 Å². The highest BCUT2D eigenvalue weighted by Gasteiger charge is 2.08. The van der Waals surface area contributed by atoms with Gasteiger partial charge in [0, 0.05) is 30.7 Å². The summed E-state index contributed by atoms with van der Waals surface area (Å²) in [5.41, 5.74) is 1.21. The number of hydrogen-bond donors (Lipinski definition) is 1. The molecule has 5 nitrogen and oxygen atoms in total. The third-order valence-electron chi connectivity index (χ3n) is 2.51. The van der Waals surface area contributed by atoms with E-state index in [0.29, 0.717) is 23.0 Å². The first-order chi connectivity index (χ1) is 8.56. The smallest absolute Gasteiger partial charge is 0.251 e. The number of nitrogens with zero attached hydrogens (tertiary/aromatic N) is 3. The summed E-state index contributed by atoms with van der Waals surface area (Å²) in [6.45, 7) is 2.17. The van der Waals surface area contributed by atoms with Crippen LogP contribution in [-0.2, 0) is 13.6 Å². The van der Waals surface area contributed by atoms with Crippen LogP contribution in [0.3, 0.4) is 0 Å². The molecule has 0 bridgehead atoms. The Hall–Kier alpha value is -1.88. The fourth-order valence-corrected chi connectivity index (χ4v) is 1.84. The van der Waals surface area contributed by atoms with Crippen molar-refractivity contribution >= 4 is 17.5 Å². The van der Waals surface area contributed by atoms with Crippen LogP contribution in [0.2, 0.25) is 5.15 Å². The maximum atomic E-state index is 11.9. The van der Waals surface area contributed by atoms with Crippen molar-refractivity contribution in [3.63, 3.8) is 0 Å². The number of hydrogen-bond acceptors (Lipinski definition) is 3. The van der Waals surface area contributed by atoms with Crippen LogP contribution in [0, 0.1) is 6.92 Å². The van der Waals surface area contributed by atoms with E-state index in [2.05, 4.69) is 15.3 Å². The molecule has 94 valence electrons. The predicted octanol–water partition coefficient (Wildman–Crippen LogP) is 1.71. The quantitative estimate of drug-likeness (QED) is 0.859. The Morgan fingerprint density at radius 2 is 2.28 bits per heavy atom. The van der Waals surface area contributed by atoms with Crippen molar-refractivity contribution in [1.82, 2.24) is 19.9 Å². The minimum absolute atomic E-state index is 0.189. The zero-order valence-electron chi connectivity index (χ0n) is 10.1. The lowest BCUT2D eigenvalue weighted by Gasteiger charge is -2.06. The van der Waals surface area contributed by atoms with Gasteiger partial charge in [0.25, 0.3) is 5.91 Å². The summed E-state index contributed by atoms with van der Waals surface area (Å²) >= 11 is 5.81. The van der Waals surface area contributed by atoms with E-state index >= 15 is 0 Å². The molecule has 0 aromatic carbocycles. The van der Waals surface area contributed by atoms with Gasteiger partial charge in [0.15, 0.2) is 0 Å². The van der Waals surface area contributed by atoms with Gasteiger partial charge in [-0.1, -0.05) is 11.6 Å². The molecule has 0 fully saturated rings. The number of amides is 1. The van der Waals surface area contributed by atoms with Crippen molar-refractivity contribution in [3.8, 4) is 0 Å². The highest BCUT2D eigenvalue weighted by Crippen LogP contribution is 2.10. The summed E-state index contributed by atoms with van der Waals surface area (Å²) in [4.78, 5) is 20.1. The predicted molar refractivity (Wildman–Crippen MR) is 68.4 cm³/mol. The molecular weight excluding hydrogens is 252 g/mol. The van der Waals surface area contributed by atoms with Crippen LogP contribution in [0.25, 0.3) is 0 Å². The Morgan fingerprint density at radius 3 is 2.89 bits per heavy atom. The van der Waals surface area contributed by atoms with Crippen molar-refractivity contribution in [2.75, 3.05) is 0 Å². The maximum Gasteiger partial charge on any atom is 0.251 e. The minimum Gasteiger partial charge on any atom is -0.345 e. The molecule has 1 N–H and O–H groups in total. The van der Waals surface area contributed by atoms with Crippen LogP contribution in [-0.4, -0.2) is 20.4 Å². The molecule has 2 heterocycles. The molecule has 0 saturated carbocycles. The largest absolute Gasteiger partial charge is 0.345 e. The van der Waals surface area contributed by atoms with Crippen LogP contribution < -0.4 is 5.32 Å². The first-order valence-electron chi connectivity index (χ1n) is 5.45. The number of carbonyl (C=O) groups is 1. The first-order valence-corrected chi connectivity index (χ1v) is 5.82. The van der Waals surface area contributed by atoms with Crippen LogP contribution in [0.5, 0.6) is 0 Å². The van der Waals surface area contributed by atoms with Crippen molar-refractivity contribution in [1.29, 1.82) is 0 Å². The number of halogens is 1. The molecular formula is C12H13ClN4O. The lowest BCUT2D eigenvalue weighted by Crippen LogP contribution is -2.24. The summed E-state index contributed by atoms with van der Waals surface area (Å²) < 4.78 is 1.85. The zero-order valence-corrected chi connectivity index (χ0v) is 10.9. The number of nitrogens with one attached hydrogen (secondary N) is 1. The first kappa shape index (κ1) is 12.6. The van der Waals surface area contributed by atoms with E-state index < -0.39 is 0 Å². The number of pyridine rings is 1. The van der Waals surface area contributed by atoms with Gasteiger partial charge in [-0.05, 0) is 19.1 Å². The average Bonchev–Trinajstić information content (AvgIpc) is 2.70. The Labute approximate surface area is 110 Å². The molecule has 0 spiro atoms. The molecule has 0 unspecified atom stereocenters. The van der Waals surface area contributed by atoms with Gasteiger partial charge in [0.2, 0.25) is 0 Å². The van der Waals surface area contributed by atoms with Gasteiger partial charge in [-0.3, -0.25) is 4.79 Å². The van der Waals surface area contributed by atoms with Crippen LogP contribution in [0.1, 0.15) is 21.9 Å². The summed E-state index contributed by atoms with van der Waals surface area (Å²) in [6, 6.07) is 3.24. The molecule has 0 aliphatic carbocycles. The Kier molecular flexibility index (Phi) is 3.62. The number of rotatable bonds is 3. The molecule has 18 heavy (non-hydrogen) atoms. The summed E-state index contributed by atoms with van der Waals surface area (Å²) in [7, 11) is 1.88. The topological polar surface area (TPSA) is 59.8 Å². The van der Waals surface area contributed by atoms with Crippen LogP contribution in [0.15, 0.2) is 24.5 Å². The summed E-state index contributed by atoms with van der Waals surface area (Å²) in [6.07, 6.45) is 3.52. The molecule has 1 amide bonds. The monoisotopic (exact) mass is 264 g/mol. The second-order valence-corrected chi connectivity index (χ2v) is 4.34. The minimum atomic E-state index is -0.189. The second kappa shape index (κ2) is 5.18. The average molecular weight is 265 g/mol. The SMILES string of the molecule is Cc1cc(C(=O)NCc2nccn2C)cc(Cl)n1. The molecule has 2 aromatic heterocycles. The lowest BCUT2D eigenvalue weighted by atomic mass is 10.2. The molecule has 6 heteroatoms. The van der Waals surface area contributed by atoms with E-state index in [1.54, 1.807) is 25.3 Å². The third kappa shape index (κ3) is 2.87. The lowest BCUT2D eigenvalue weighted by molar-refractivity contribution is 0.0949. The summed E-state index contributed by atoms with van der Waals surface area (Å²) in [5, 5.41) is 3.10. The zero-order chi connectivity index (χ0) is 13.1. The second-order valence-electron chi connectivity index (χ2n) is 3.96. The van der Waals surface area contributed by atoms with Gasteiger partial charge in [-0.25, -0.2) is 9.97 Å². The van der Waals surface area contributed by atoms with E-state index in [1.807, 2.05) is 17.8 Å². The highest BCUT2D eigenvalue weighted by atomic mass is 35.5. The molecule has 2 aromatic rings. The highest BCUT2D eigenvalue weighted by molar-refractivity contribution is 6.29. The van der Waals surface area contributed by atoms with E-state index in [4.69, 9.17) is 11.6 Å². The molecule has 0 saturated heterocycles. The third-order valence-corrected chi connectivity index (χ3v) is 2.71. The van der Waals surface area contributed by atoms with Gasteiger partial charge in [-0.15, -0.1) is 0 Å². The fourth-order valence-electron chi connectivity index (χ4n) is 1.59. The van der Waals surface area contributed by atoms with E-state index in [-0.39, 0.29) is 5.91 Å². The number of carbonyl (C=O) groups excluding carboxylic acids is 1. The van der Waals surface area contributed by atoms with Gasteiger partial charge in [0.1, 0.15) is 11.0 Å². The summed E-state index contributed by atoms with van der Waals surface area (Å²) in [5.74, 6) is 0.602. The molecule has 0 aliphatic heterocycles. The number of imidazole rings is 1. The van der Waals surface area contributed by atoms with E-state index in [9.17, 15) is 4.79 Å². The molecule has 2 rings (SSSR count). The van der Waals surface area contributed by atoms with Crippen LogP contribution in [0.4, 0.5) is 0 Å².